The predicted octanol–water partition coefficient (Wildman–Crippen LogP) is 0.705. The van der Waals surface area contributed by atoms with Gasteiger partial charge in [0.25, 0.3) is 0 Å². The zero-order chi connectivity index (χ0) is 9.26. The lowest BCUT2D eigenvalue weighted by Crippen LogP contribution is -2.24. The number of carbonyl (C=O) groups is 1. The quantitative estimate of drug-likeness (QED) is 0.712. The molecule has 5 heteroatoms. The fourth-order valence-corrected chi connectivity index (χ4v) is 1.77. The zero-order valence-electron chi connectivity index (χ0n) is 7.01. The van der Waals surface area contributed by atoms with Crippen LogP contribution in [0.15, 0.2) is 16.9 Å². The van der Waals surface area contributed by atoms with E-state index in [-0.39, 0.29) is 11.2 Å². The Hall–Kier alpha value is -0.970. The Morgan fingerprint density at radius 2 is 2.62 bits per heavy atom. The topological polar surface area (TPSA) is 46.3 Å². The smallest absolute Gasteiger partial charge is 0.224 e. The van der Waals surface area contributed by atoms with E-state index in [0.717, 1.165) is 5.69 Å². The molecule has 1 unspecified atom stereocenters. The summed E-state index contributed by atoms with van der Waals surface area (Å²) in [5, 5.41) is 3.91. The van der Waals surface area contributed by atoms with Crippen LogP contribution in [-0.2, 0) is 11.3 Å². The van der Waals surface area contributed by atoms with Gasteiger partial charge >= 0.3 is 0 Å². The molecule has 1 atom stereocenters. The van der Waals surface area contributed by atoms with E-state index in [2.05, 4.69) is 22.3 Å². The first kappa shape index (κ1) is 8.62. The van der Waals surface area contributed by atoms with E-state index in [0.29, 0.717) is 19.5 Å². The van der Waals surface area contributed by atoms with Crippen molar-refractivity contribution >= 4 is 18.5 Å². The van der Waals surface area contributed by atoms with Crippen LogP contribution in [0.4, 0.5) is 0 Å². The molecular formula is C8H10N2O2S. The molecule has 1 aromatic rings. The van der Waals surface area contributed by atoms with Crippen molar-refractivity contribution < 1.29 is 9.32 Å². The van der Waals surface area contributed by atoms with Gasteiger partial charge < -0.3 is 9.42 Å². The first-order chi connectivity index (χ1) is 6.25. The van der Waals surface area contributed by atoms with E-state index in [4.69, 9.17) is 0 Å². The summed E-state index contributed by atoms with van der Waals surface area (Å²) in [6.45, 7) is 1.24. The number of thiol groups is 1. The van der Waals surface area contributed by atoms with Crippen LogP contribution in [0.2, 0.25) is 0 Å². The number of amides is 1. The molecule has 1 aromatic heterocycles. The molecule has 0 bridgehead atoms. The van der Waals surface area contributed by atoms with Crippen LogP contribution in [0, 0.1) is 0 Å². The molecule has 1 aliphatic heterocycles. The summed E-state index contributed by atoms with van der Waals surface area (Å²) < 4.78 is 4.68. The van der Waals surface area contributed by atoms with Crippen LogP contribution < -0.4 is 0 Å². The maximum atomic E-state index is 11.3. The second kappa shape index (κ2) is 3.41. The van der Waals surface area contributed by atoms with E-state index in [1.165, 1.54) is 6.26 Å². The van der Waals surface area contributed by atoms with Gasteiger partial charge in [0, 0.05) is 24.3 Å². The molecule has 0 spiro atoms. The summed E-state index contributed by atoms with van der Waals surface area (Å²) in [6, 6.07) is 1.76. The molecule has 1 amide bonds. The Morgan fingerprint density at radius 1 is 1.77 bits per heavy atom. The van der Waals surface area contributed by atoms with Gasteiger partial charge in [-0.1, -0.05) is 5.16 Å². The van der Waals surface area contributed by atoms with Gasteiger partial charge in [-0.3, -0.25) is 4.79 Å². The van der Waals surface area contributed by atoms with Gasteiger partial charge in [-0.2, -0.15) is 12.6 Å². The van der Waals surface area contributed by atoms with Crippen molar-refractivity contribution in [3.05, 3.63) is 18.0 Å². The number of likely N-dealkylation sites (tertiary alicyclic amines) is 1. The van der Waals surface area contributed by atoms with E-state index in [1.807, 2.05) is 0 Å². The molecule has 0 saturated carbocycles. The van der Waals surface area contributed by atoms with Gasteiger partial charge in [0.2, 0.25) is 5.91 Å². The number of hydrogen-bond acceptors (Lipinski definition) is 4. The van der Waals surface area contributed by atoms with E-state index in [1.54, 1.807) is 11.0 Å². The summed E-state index contributed by atoms with van der Waals surface area (Å²) in [5.74, 6) is 0.142. The summed E-state index contributed by atoms with van der Waals surface area (Å²) in [6.07, 6.45) is 2.04. The molecule has 2 heterocycles. The van der Waals surface area contributed by atoms with Crippen molar-refractivity contribution in [2.45, 2.75) is 18.2 Å². The normalized spacial score (nSPS) is 22.7. The fourth-order valence-electron chi connectivity index (χ4n) is 1.42. The maximum absolute atomic E-state index is 11.3. The van der Waals surface area contributed by atoms with Crippen molar-refractivity contribution in [3.8, 4) is 0 Å². The second-order valence-corrected chi connectivity index (χ2v) is 3.85. The van der Waals surface area contributed by atoms with Crippen LogP contribution in [0.5, 0.6) is 0 Å². The standard InChI is InChI=1S/C8H10N2O2S/c11-8-3-7(13)5-10(8)4-6-1-2-12-9-6/h1-2,7,13H,3-5H2. The van der Waals surface area contributed by atoms with E-state index < -0.39 is 0 Å². The van der Waals surface area contributed by atoms with Gasteiger partial charge in [-0.15, -0.1) is 0 Å². The lowest BCUT2D eigenvalue weighted by Gasteiger charge is -2.12. The highest BCUT2D eigenvalue weighted by Crippen LogP contribution is 2.17. The first-order valence-electron chi connectivity index (χ1n) is 4.11. The highest BCUT2D eigenvalue weighted by Gasteiger charge is 2.27. The molecule has 13 heavy (non-hydrogen) atoms. The number of hydrogen-bond donors (Lipinski definition) is 1. The first-order valence-corrected chi connectivity index (χ1v) is 4.62. The third-order valence-electron chi connectivity index (χ3n) is 2.04. The third-order valence-corrected chi connectivity index (χ3v) is 2.38. The van der Waals surface area contributed by atoms with Gasteiger partial charge in [-0.25, -0.2) is 0 Å². The molecule has 0 N–H and O–H groups in total. The maximum Gasteiger partial charge on any atom is 0.224 e. The van der Waals surface area contributed by atoms with Gasteiger partial charge in [0.05, 0.1) is 6.54 Å². The molecule has 0 aromatic carbocycles. The summed E-state index contributed by atoms with van der Waals surface area (Å²) >= 11 is 4.26. The van der Waals surface area contributed by atoms with E-state index in [9.17, 15) is 4.79 Å². The van der Waals surface area contributed by atoms with Gasteiger partial charge in [0.15, 0.2) is 0 Å². The van der Waals surface area contributed by atoms with E-state index >= 15 is 0 Å². The molecule has 70 valence electrons. The van der Waals surface area contributed by atoms with Crippen LogP contribution >= 0.6 is 12.6 Å². The second-order valence-electron chi connectivity index (χ2n) is 3.12. The number of aromatic nitrogens is 1. The third kappa shape index (κ3) is 1.85. The predicted molar refractivity (Wildman–Crippen MR) is 49.3 cm³/mol. The zero-order valence-corrected chi connectivity index (χ0v) is 7.91. The molecule has 1 aliphatic rings. The average Bonchev–Trinajstić information content (AvgIpc) is 2.63. The summed E-state index contributed by atoms with van der Waals surface area (Å²) in [4.78, 5) is 13.1. The molecule has 1 fully saturated rings. The summed E-state index contributed by atoms with van der Waals surface area (Å²) in [7, 11) is 0. The van der Waals surface area contributed by atoms with Crippen molar-refractivity contribution in [3.63, 3.8) is 0 Å². The molecular weight excluding hydrogens is 188 g/mol. The Balaban J connectivity index is 1.99. The Kier molecular flexibility index (Phi) is 2.26. The van der Waals surface area contributed by atoms with Gasteiger partial charge in [0.1, 0.15) is 12.0 Å². The highest BCUT2D eigenvalue weighted by molar-refractivity contribution is 7.81. The number of nitrogens with zero attached hydrogens (tertiary/aromatic N) is 2. The van der Waals surface area contributed by atoms with Crippen molar-refractivity contribution in [2.24, 2.45) is 0 Å². The van der Waals surface area contributed by atoms with Crippen LogP contribution in [-0.4, -0.2) is 27.8 Å². The molecule has 2 rings (SSSR count). The number of carbonyl (C=O) groups excluding carboxylic acids is 1. The molecule has 0 aliphatic carbocycles. The Bertz CT molecular complexity index is 299. The average molecular weight is 198 g/mol. The Morgan fingerprint density at radius 3 is 3.15 bits per heavy atom. The highest BCUT2D eigenvalue weighted by atomic mass is 32.1. The largest absolute Gasteiger partial charge is 0.364 e. The minimum absolute atomic E-state index is 0.142. The summed E-state index contributed by atoms with van der Waals surface area (Å²) in [5.41, 5.74) is 0.788. The number of rotatable bonds is 2. The van der Waals surface area contributed by atoms with Crippen LogP contribution in [0.1, 0.15) is 12.1 Å². The molecule has 0 radical (unpaired) electrons. The molecule has 1 saturated heterocycles. The van der Waals surface area contributed by atoms with Crippen LogP contribution in [0.3, 0.4) is 0 Å². The minimum atomic E-state index is 0.142. The SMILES string of the molecule is O=C1CC(S)CN1Cc1ccon1. The Labute approximate surface area is 81.3 Å². The van der Waals surface area contributed by atoms with Crippen molar-refractivity contribution in [1.82, 2.24) is 10.1 Å². The lowest BCUT2D eigenvalue weighted by molar-refractivity contribution is -0.128. The molecule has 4 nitrogen and oxygen atoms in total. The van der Waals surface area contributed by atoms with Crippen molar-refractivity contribution in [1.29, 1.82) is 0 Å². The van der Waals surface area contributed by atoms with Crippen LogP contribution in [0.25, 0.3) is 0 Å². The van der Waals surface area contributed by atoms with Gasteiger partial charge in [-0.05, 0) is 0 Å². The monoisotopic (exact) mass is 198 g/mol. The lowest BCUT2D eigenvalue weighted by atomic mass is 10.4. The van der Waals surface area contributed by atoms with Crippen molar-refractivity contribution in [2.75, 3.05) is 6.54 Å². The fraction of sp³-hybridized carbons (Fsp3) is 0.500. The minimum Gasteiger partial charge on any atom is -0.364 e.